The molecule has 2 aromatic carbocycles. The summed E-state index contributed by atoms with van der Waals surface area (Å²) in [6, 6.07) is 16.3. The van der Waals surface area contributed by atoms with Crippen molar-refractivity contribution in [2.24, 2.45) is 0 Å². The van der Waals surface area contributed by atoms with Gasteiger partial charge in [0.2, 0.25) is 0 Å². The maximum atomic E-state index is 12.9. The molecule has 3 nitrogen and oxygen atoms in total. The van der Waals surface area contributed by atoms with Crippen LogP contribution in [0.4, 0.5) is 5.69 Å². The zero-order valence-electron chi connectivity index (χ0n) is 13.9. The monoisotopic (exact) mass is 336 g/mol. The van der Waals surface area contributed by atoms with Gasteiger partial charge in [-0.1, -0.05) is 44.2 Å². The predicted octanol–water partition coefficient (Wildman–Crippen LogP) is 4.95. The molecule has 1 aliphatic rings. The molecule has 1 atom stereocenters. The predicted molar refractivity (Wildman–Crippen MR) is 101 cm³/mol. The Labute approximate surface area is 146 Å². The van der Waals surface area contributed by atoms with Gasteiger partial charge in [0.25, 0.3) is 5.91 Å². The van der Waals surface area contributed by atoms with Gasteiger partial charge in [0.05, 0.1) is 5.52 Å². The van der Waals surface area contributed by atoms with Gasteiger partial charge in [-0.15, -0.1) is 11.8 Å². The number of rotatable bonds is 3. The van der Waals surface area contributed by atoms with Crippen LogP contribution in [-0.4, -0.2) is 15.7 Å². The number of benzene rings is 2. The van der Waals surface area contributed by atoms with E-state index in [2.05, 4.69) is 48.0 Å². The van der Waals surface area contributed by atoms with Crippen LogP contribution in [0.1, 0.15) is 29.9 Å². The van der Waals surface area contributed by atoms with Crippen LogP contribution in [0.15, 0.2) is 53.4 Å². The highest BCUT2D eigenvalue weighted by molar-refractivity contribution is 8.00. The number of aromatic nitrogens is 1. The average molecular weight is 336 g/mol. The van der Waals surface area contributed by atoms with Crippen molar-refractivity contribution in [3.63, 3.8) is 0 Å². The summed E-state index contributed by atoms with van der Waals surface area (Å²) in [5.41, 5.74) is 4.00. The highest BCUT2D eigenvalue weighted by Crippen LogP contribution is 2.38. The van der Waals surface area contributed by atoms with E-state index < -0.39 is 0 Å². The van der Waals surface area contributed by atoms with Crippen LogP contribution in [0.5, 0.6) is 0 Å². The summed E-state index contributed by atoms with van der Waals surface area (Å²) in [5, 5.41) is 4.71. The minimum atomic E-state index is -0.0304. The van der Waals surface area contributed by atoms with Crippen molar-refractivity contribution in [2.75, 3.05) is 5.32 Å². The van der Waals surface area contributed by atoms with Gasteiger partial charge >= 0.3 is 0 Å². The maximum absolute atomic E-state index is 12.9. The molecule has 0 saturated heterocycles. The zero-order chi connectivity index (χ0) is 16.7. The van der Waals surface area contributed by atoms with E-state index in [1.54, 1.807) is 0 Å². The lowest BCUT2D eigenvalue weighted by molar-refractivity contribution is 0.101. The summed E-state index contributed by atoms with van der Waals surface area (Å²) in [4.78, 5) is 14.2. The van der Waals surface area contributed by atoms with Crippen molar-refractivity contribution in [2.45, 2.75) is 37.0 Å². The Morgan fingerprint density at radius 2 is 2.08 bits per heavy atom. The van der Waals surface area contributed by atoms with E-state index in [9.17, 15) is 4.79 Å². The van der Waals surface area contributed by atoms with Crippen molar-refractivity contribution < 1.29 is 4.79 Å². The molecule has 1 aromatic heterocycles. The van der Waals surface area contributed by atoms with Gasteiger partial charge in [-0.3, -0.25) is 4.79 Å². The Balaban J connectivity index is 1.76. The van der Waals surface area contributed by atoms with E-state index >= 15 is 0 Å². The lowest BCUT2D eigenvalue weighted by Crippen LogP contribution is -2.22. The molecule has 2 heterocycles. The number of hydrogen-bond acceptors (Lipinski definition) is 2. The highest BCUT2D eigenvalue weighted by atomic mass is 32.2. The third-order valence-electron chi connectivity index (χ3n) is 4.53. The minimum Gasteiger partial charge on any atom is -0.334 e. The molecule has 0 radical (unpaired) electrons. The molecule has 122 valence electrons. The summed E-state index contributed by atoms with van der Waals surface area (Å²) in [6.07, 6.45) is 0.900. The fourth-order valence-electron chi connectivity index (χ4n) is 3.41. The smallest absolute Gasteiger partial charge is 0.272 e. The molecular formula is C20H20N2OS. The first-order valence-electron chi connectivity index (χ1n) is 8.35. The molecule has 1 amide bonds. The topological polar surface area (TPSA) is 34.0 Å². The van der Waals surface area contributed by atoms with E-state index in [0.717, 1.165) is 35.3 Å². The standard InChI is InChI=1S/C20H20N2OS/c1-3-14-7-4-5-9-16(14)21-20(23)17-11-15-8-6-10-18-19(15)22(17)12-13(2)24-18/h4-11,13H,3,12H2,1-2H3,(H,21,23)/t13-/m0/s1. The first-order valence-corrected chi connectivity index (χ1v) is 9.23. The van der Waals surface area contributed by atoms with Crippen LogP contribution in [0.2, 0.25) is 0 Å². The van der Waals surface area contributed by atoms with Crippen LogP contribution >= 0.6 is 11.8 Å². The molecule has 4 heteroatoms. The Hall–Kier alpha value is -2.20. The molecule has 1 N–H and O–H groups in total. The van der Waals surface area contributed by atoms with Crippen LogP contribution in [0.25, 0.3) is 10.9 Å². The minimum absolute atomic E-state index is 0.0304. The fraction of sp³-hybridized carbons (Fsp3) is 0.250. The van der Waals surface area contributed by atoms with Crippen molar-refractivity contribution >= 4 is 34.3 Å². The second-order valence-corrected chi connectivity index (χ2v) is 7.71. The first kappa shape index (κ1) is 15.3. The third-order valence-corrected chi connectivity index (χ3v) is 5.66. The van der Waals surface area contributed by atoms with Crippen LogP contribution in [-0.2, 0) is 13.0 Å². The number of hydrogen-bond donors (Lipinski definition) is 1. The van der Waals surface area contributed by atoms with Gasteiger partial charge in [-0.05, 0) is 30.2 Å². The fourth-order valence-corrected chi connectivity index (χ4v) is 4.57. The average Bonchev–Trinajstić information content (AvgIpc) is 2.95. The Bertz CT molecular complexity index is 929. The maximum Gasteiger partial charge on any atom is 0.272 e. The molecular weight excluding hydrogens is 316 g/mol. The van der Waals surface area contributed by atoms with Gasteiger partial charge < -0.3 is 9.88 Å². The van der Waals surface area contributed by atoms with Gasteiger partial charge in [-0.2, -0.15) is 0 Å². The lowest BCUT2D eigenvalue weighted by Gasteiger charge is -2.22. The Morgan fingerprint density at radius 3 is 2.92 bits per heavy atom. The van der Waals surface area contributed by atoms with E-state index in [4.69, 9.17) is 0 Å². The number of amides is 1. The molecule has 0 aliphatic carbocycles. The van der Waals surface area contributed by atoms with Gasteiger partial charge in [0.15, 0.2) is 0 Å². The van der Waals surface area contributed by atoms with Crippen molar-refractivity contribution in [3.05, 3.63) is 59.8 Å². The van der Waals surface area contributed by atoms with Crippen LogP contribution < -0.4 is 5.32 Å². The summed E-state index contributed by atoms with van der Waals surface area (Å²) in [5.74, 6) is -0.0304. The zero-order valence-corrected chi connectivity index (χ0v) is 14.7. The van der Waals surface area contributed by atoms with E-state index in [0.29, 0.717) is 5.25 Å². The molecule has 4 rings (SSSR count). The number of aryl methyl sites for hydroxylation is 1. The number of carbonyl (C=O) groups is 1. The number of nitrogens with zero attached hydrogens (tertiary/aromatic N) is 1. The molecule has 0 unspecified atom stereocenters. The number of thioether (sulfide) groups is 1. The SMILES string of the molecule is CCc1ccccc1NC(=O)c1cc2cccc3c2n1C[C@H](C)S3. The third kappa shape index (κ3) is 2.51. The number of nitrogens with one attached hydrogen (secondary N) is 1. The van der Waals surface area contributed by atoms with E-state index in [1.807, 2.05) is 36.0 Å². The summed E-state index contributed by atoms with van der Waals surface area (Å²) < 4.78 is 2.18. The van der Waals surface area contributed by atoms with E-state index in [-0.39, 0.29) is 5.91 Å². The summed E-state index contributed by atoms with van der Waals surface area (Å²) in [6.45, 7) is 5.18. The second kappa shape index (κ2) is 6.02. The molecule has 24 heavy (non-hydrogen) atoms. The number of para-hydroxylation sites is 2. The second-order valence-electron chi connectivity index (χ2n) is 6.23. The van der Waals surface area contributed by atoms with Gasteiger partial charge in [0.1, 0.15) is 5.69 Å². The Kier molecular flexibility index (Phi) is 3.85. The Morgan fingerprint density at radius 1 is 1.25 bits per heavy atom. The quantitative estimate of drug-likeness (QED) is 0.734. The molecule has 3 aromatic rings. The lowest BCUT2D eigenvalue weighted by atomic mass is 10.1. The molecule has 0 spiro atoms. The van der Waals surface area contributed by atoms with Crippen molar-refractivity contribution in [1.29, 1.82) is 0 Å². The first-order chi connectivity index (χ1) is 11.7. The highest BCUT2D eigenvalue weighted by Gasteiger charge is 2.24. The van der Waals surface area contributed by atoms with Crippen LogP contribution in [0.3, 0.4) is 0 Å². The molecule has 0 fully saturated rings. The normalized spacial score (nSPS) is 16.3. The summed E-state index contributed by atoms with van der Waals surface area (Å²) in [7, 11) is 0. The van der Waals surface area contributed by atoms with E-state index in [1.165, 1.54) is 10.4 Å². The molecule has 0 saturated carbocycles. The molecule has 0 bridgehead atoms. The van der Waals surface area contributed by atoms with Crippen molar-refractivity contribution in [3.8, 4) is 0 Å². The van der Waals surface area contributed by atoms with Crippen molar-refractivity contribution in [1.82, 2.24) is 4.57 Å². The largest absolute Gasteiger partial charge is 0.334 e. The number of anilines is 1. The summed E-state index contributed by atoms with van der Waals surface area (Å²) >= 11 is 1.89. The number of carbonyl (C=O) groups excluding carboxylic acids is 1. The van der Waals surface area contributed by atoms with Gasteiger partial charge in [-0.25, -0.2) is 0 Å². The van der Waals surface area contributed by atoms with Crippen LogP contribution in [0, 0.1) is 0 Å². The van der Waals surface area contributed by atoms with Gasteiger partial charge in [0, 0.05) is 27.8 Å². The molecule has 1 aliphatic heterocycles.